The maximum Gasteiger partial charge on any atom is 0.615 e. The lowest BCUT2D eigenvalue weighted by molar-refractivity contribution is -0.122. The molecule has 20 heavy (non-hydrogen) atoms. The Balaban J connectivity index is 0. The molecule has 0 spiro atoms. The highest BCUT2D eigenvalue weighted by atomic mass is 28.4. The maximum absolute atomic E-state index is 12.1. The highest BCUT2D eigenvalue weighted by molar-refractivity contribution is 6.62. The van der Waals surface area contributed by atoms with Crippen LogP contribution in [0.25, 0.3) is 0 Å². The molecule has 4 nitrogen and oxygen atoms in total. The van der Waals surface area contributed by atoms with E-state index in [0.717, 1.165) is 31.8 Å². The van der Waals surface area contributed by atoms with Crippen molar-refractivity contribution in [3.8, 4) is 0 Å². The molecule has 0 aliphatic carbocycles. The van der Waals surface area contributed by atoms with Crippen LogP contribution < -0.4 is 0 Å². The van der Waals surface area contributed by atoms with Crippen LogP contribution in [-0.2, 0) is 17.7 Å². The van der Waals surface area contributed by atoms with Gasteiger partial charge < -0.3 is 17.7 Å². The first-order valence-corrected chi connectivity index (χ1v) is 8.79. The Morgan fingerprint density at radius 3 is 1.45 bits per heavy atom. The lowest BCUT2D eigenvalue weighted by atomic mass is 9.91. The first-order valence-electron chi connectivity index (χ1n) is 6.25. The molecule has 0 aliphatic heterocycles. The summed E-state index contributed by atoms with van der Waals surface area (Å²) in [6, 6.07) is 0. The smallest absolute Gasteiger partial charge is 0.423 e. The topological polar surface area (TPSA) is 36.9 Å². The molecule has 0 aromatic rings. The van der Waals surface area contributed by atoms with Gasteiger partial charge in [0.25, 0.3) is 0 Å². The first-order chi connectivity index (χ1) is 8.97. The minimum absolute atomic E-state index is 0.112. The molecule has 9 heteroatoms. The minimum Gasteiger partial charge on any atom is -0.423 e. The van der Waals surface area contributed by atoms with Gasteiger partial charge in [-0.05, 0) is 19.8 Å². The van der Waals surface area contributed by atoms with E-state index in [1.165, 1.54) is 6.42 Å². The fraction of sp³-hybridized carbons (Fsp3) is 1.00. The molecule has 0 saturated carbocycles. The van der Waals surface area contributed by atoms with Gasteiger partial charge in [-0.1, -0.05) is 20.3 Å². The van der Waals surface area contributed by atoms with Crippen molar-refractivity contribution < 1.29 is 30.9 Å². The molecule has 0 saturated heterocycles. The summed E-state index contributed by atoms with van der Waals surface area (Å²) in [7, 11) is -0.841. The Morgan fingerprint density at radius 2 is 1.40 bits per heavy atom. The average Bonchev–Trinajstić information content (AvgIpc) is 2.39. The lowest BCUT2D eigenvalue weighted by Gasteiger charge is -2.30. The molecule has 0 aromatic heterocycles. The highest BCUT2D eigenvalue weighted by Gasteiger charge is 2.65. The Labute approximate surface area is 123 Å². The van der Waals surface area contributed by atoms with Gasteiger partial charge in [-0.25, -0.2) is 0 Å². The molecule has 124 valence electrons. The average molecular weight is 336 g/mol. The number of hydrogen-bond acceptors (Lipinski definition) is 4. The fourth-order valence-electron chi connectivity index (χ4n) is 1.29. The summed E-state index contributed by atoms with van der Waals surface area (Å²) in [6.07, 6.45) is 1.20. The van der Waals surface area contributed by atoms with E-state index in [1.54, 1.807) is 0 Å². The number of rotatable bonds is 6. The van der Waals surface area contributed by atoms with Crippen LogP contribution in [0.15, 0.2) is 0 Å². The third kappa shape index (κ3) is 6.23. The maximum atomic E-state index is 12.1. The number of hydrogen-bond donors (Lipinski definition) is 0. The van der Waals surface area contributed by atoms with Crippen molar-refractivity contribution in [2.24, 2.45) is 5.92 Å². The summed E-state index contributed by atoms with van der Waals surface area (Å²) in [6.45, 7) is 8.76. The molecular weight excluding hydrogens is 309 g/mol. The summed E-state index contributed by atoms with van der Waals surface area (Å²) >= 11 is 0. The molecule has 0 rings (SSSR count). The normalized spacial score (nSPS) is 14.7. The van der Waals surface area contributed by atoms with Gasteiger partial charge in [0.2, 0.25) is 0 Å². The zero-order chi connectivity index (χ0) is 16.6. The fourth-order valence-corrected chi connectivity index (χ4v) is 2.89. The van der Waals surface area contributed by atoms with E-state index in [0.29, 0.717) is 5.92 Å². The molecule has 0 aromatic carbocycles. The van der Waals surface area contributed by atoms with E-state index in [1.807, 2.05) is 0 Å². The lowest BCUT2D eigenvalue weighted by Crippen LogP contribution is -2.56. The second-order valence-electron chi connectivity index (χ2n) is 4.78. The quantitative estimate of drug-likeness (QED) is 0.696. The summed E-state index contributed by atoms with van der Waals surface area (Å²) in [5.41, 5.74) is 0.112. The summed E-state index contributed by atoms with van der Waals surface area (Å²) in [5, 5.41) is 0. The zero-order valence-corrected chi connectivity index (χ0v) is 16.6. The molecule has 1 unspecified atom stereocenters. The summed E-state index contributed by atoms with van der Waals surface area (Å²) in [5.74, 6) is -3.89. The number of halogens is 3. The Hall–Kier alpha value is 0.0638. The van der Waals surface area contributed by atoms with Crippen LogP contribution in [-0.4, -0.2) is 52.0 Å². The monoisotopic (exact) mass is 336 g/mol. The molecule has 0 aliphatic rings. The van der Waals surface area contributed by atoms with Crippen molar-refractivity contribution in [3.63, 3.8) is 0 Å². The molecule has 1 atom stereocenters. The predicted molar refractivity (Wildman–Crippen MR) is 77.4 cm³/mol. The molecule has 0 bridgehead atoms. The molecule has 0 amide bonds. The molecule has 0 N–H and O–H groups in total. The molecule has 0 heterocycles. The Bertz CT molecular complexity index is 250. The second kappa shape index (κ2) is 9.16. The van der Waals surface area contributed by atoms with Crippen molar-refractivity contribution >= 4 is 19.3 Å². The van der Waals surface area contributed by atoms with Crippen LogP contribution in [0.3, 0.4) is 0 Å². The van der Waals surface area contributed by atoms with Gasteiger partial charge in [0, 0.05) is 21.3 Å². The summed E-state index contributed by atoms with van der Waals surface area (Å²) in [4.78, 5) is 0. The molecule has 0 fully saturated rings. The van der Waals surface area contributed by atoms with Crippen molar-refractivity contribution in [2.75, 3.05) is 21.3 Å². The standard InChI is InChI=1S/C7H18OSi.C4H9F3O3Si/c1-5-6(2)7(3,4)8-9;1-8-11(9-2,10-3)4(5,6)7/h6H,5H2,1-4,9H3;1-3H3. The van der Waals surface area contributed by atoms with Gasteiger partial charge in [-0.2, -0.15) is 13.2 Å². The Morgan fingerprint density at radius 1 is 1.05 bits per heavy atom. The van der Waals surface area contributed by atoms with Crippen LogP contribution >= 0.6 is 0 Å². The van der Waals surface area contributed by atoms with Crippen LogP contribution in [0.2, 0.25) is 0 Å². The van der Waals surface area contributed by atoms with Crippen LogP contribution in [0.4, 0.5) is 13.2 Å². The minimum atomic E-state index is -4.56. The third-order valence-corrected chi connectivity index (χ3v) is 6.84. The largest absolute Gasteiger partial charge is 0.615 e. The van der Waals surface area contributed by atoms with E-state index < -0.39 is 14.6 Å². The predicted octanol–water partition coefficient (Wildman–Crippen LogP) is 2.07. The summed E-state index contributed by atoms with van der Waals surface area (Å²) < 4.78 is 54.1. The van der Waals surface area contributed by atoms with Gasteiger partial charge in [-0.15, -0.1) is 0 Å². The SMILES string of the molecule is CCC(C)C(C)(C)O[SiH3].CO[Si](OC)(OC)C(F)(F)F. The van der Waals surface area contributed by atoms with E-state index >= 15 is 0 Å². The second-order valence-corrected chi connectivity index (χ2v) is 8.10. The highest BCUT2D eigenvalue weighted by Crippen LogP contribution is 2.29. The molecular formula is C11H27F3O4Si2. The zero-order valence-electron chi connectivity index (χ0n) is 13.6. The van der Waals surface area contributed by atoms with Crippen LogP contribution in [0.1, 0.15) is 34.1 Å². The van der Waals surface area contributed by atoms with Crippen molar-refractivity contribution in [1.82, 2.24) is 0 Å². The van der Waals surface area contributed by atoms with E-state index in [4.69, 9.17) is 4.43 Å². The van der Waals surface area contributed by atoms with E-state index in [2.05, 4.69) is 41.0 Å². The van der Waals surface area contributed by atoms with Gasteiger partial charge in [0.05, 0.1) is 5.60 Å². The van der Waals surface area contributed by atoms with Crippen molar-refractivity contribution in [2.45, 2.75) is 45.5 Å². The molecule has 0 radical (unpaired) electrons. The van der Waals surface area contributed by atoms with Gasteiger partial charge in [0.1, 0.15) is 10.5 Å². The Kier molecular flexibility index (Phi) is 10.2. The van der Waals surface area contributed by atoms with Gasteiger partial charge in [-0.3, -0.25) is 0 Å². The van der Waals surface area contributed by atoms with Crippen LogP contribution in [0.5, 0.6) is 0 Å². The van der Waals surface area contributed by atoms with Gasteiger partial charge in [0.15, 0.2) is 0 Å². The van der Waals surface area contributed by atoms with Crippen LogP contribution in [0, 0.1) is 5.92 Å². The number of alkyl halides is 3. The van der Waals surface area contributed by atoms with Crippen molar-refractivity contribution in [3.05, 3.63) is 0 Å². The third-order valence-electron chi connectivity index (χ3n) is 3.48. The van der Waals surface area contributed by atoms with E-state index in [-0.39, 0.29) is 5.60 Å². The van der Waals surface area contributed by atoms with Crippen molar-refractivity contribution in [1.29, 1.82) is 0 Å². The van der Waals surface area contributed by atoms with E-state index in [9.17, 15) is 13.2 Å². The van der Waals surface area contributed by atoms with Gasteiger partial charge >= 0.3 is 14.6 Å². The first kappa shape index (κ1) is 22.3.